The zero-order valence-electron chi connectivity index (χ0n) is 31.7. The first-order chi connectivity index (χ1) is 26.2. The number of benzene rings is 2. The van der Waals surface area contributed by atoms with Crippen molar-refractivity contribution in [1.82, 2.24) is 26.6 Å². The molecule has 0 spiro atoms. The molecule has 0 aliphatic carbocycles. The molecule has 17 N–H and O–H groups in total. The van der Waals surface area contributed by atoms with E-state index in [9.17, 15) is 34.2 Å². The Morgan fingerprint density at radius 3 is 2.29 bits per heavy atom. The molecule has 2 aromatic carbocycles. The molecule has 304 valence electrons. The largest absolute Gasteiger partial charge is 0.508 e. The molecule has 1 heterocycles. The summed E-state index contributed by atoms with van der Waals surface area (Å²) in [6.45, 7) is 2.89. The molecule has 2 aromatic rings. The maximum absolute atomic E-state index is 13.7. The summed E-state index contributed by atoms with van der Waals surface area (Å²) in [7, 11) is 0. The van der Waals surface area contributed by atoms with Gasteiger partial charge in [0, 0.05) is 57.9 Å². The molecule has 0 unspecified atom stereocenters. The van der Waals surface area contributed by atoms with E-state index in [1.54, 1.807) is 12.1 Å². The third-order valence-corrected chi connectivity index (χ3v) is 9.58. The van der Waals surface area contributed by atoms with Gasteiger partial charge in [-0.05, 0) is 85.5 Å². The van der Waals surface area contributed by atoms with Gasteiger partial charge in [-0.2, -0.15) is 0 Å². The van der Waals surface area contributed by atoms with Crippen LogP contribution in [0.5, 0.6) is 5.75 Å². The Labute approximate surface area is 322 Å². The van der Waals surface area contributed by atoms with Crippen molar-refractivity contribution >= 4 is 29.5 Å². The smallest absolute Gasteiger partial charge is 0.243 e. The standard InChI is InChI=1S/C38H60N10O7/c1-22-7-8-23-15-25(22)18-31(37(54)45-14-11-34(51)44-13-3-2-6-29(42)35(52)46-21-27(41)5-4-12-39)48-38(55)32(19-28(49)20-40)47-36(53)30(43)17-26-16-24(23)9-10-33(26)50/h7-10,15-16,27-32,49-50H,2-6,11-14,17-21,39-43H2,1H3,(H,44,51)(H,45,54)(H,46,52)(H,47,53)(H,48,55)/t27-,28+,29-,30-,31-,32-/m0/s1. The van der Waals surface area contributed by atoms with Crippen LogP contribution in [0.3, 0.4) is 0 Å². The molecule has 17 heteroatoms. The highest BCUT2D eigenvalue weighted by Crippen LogP contribution is 2.29. The monoisotopic (exact) mass is 768 g/mol. The van der Waals surface area contributed by atoms with Gasteiger partial charge in [0.25, 0.3) is 0 Å². The molecular weight excluding hydrogens is 708 g/mol. The van der Waals surface area contributed by atoms with Gasteiger partial charge in [0.15, 0.2) is 0 Å². The fraction of sp³-hybridized carbons (Fsp3) is 0.553. The van der Waals surface area contributed by atoms with Crippen LogP contribution >= 0.6 is 0 Å². The SMILES string of the molecule is Cc1ccc2cc1C[C@@H](C(=O)NCCC(=O)NCCCC[C@H](N)C(=O)NC[C@@H](N)CCCN)NC(=O)[C@H](C[C@@H](O)CN)NC(=O)[C@@H](N)Cc1cc-2ccc1O. The number of aromatic hydroxyl groups is 1. The van der Waals surface area contributed by atoms with E-state index in [-0.39, 0.29) is 62.4 Å². The molecule has 5 amide bonds. The molecule has 55 heavy (non-hydrogen) atoms. The molecular formula is C38H60N10O7. The van der Waals surface area contributed by atoms with E-state index in [1.807, 2.05) is 25.1 Å². The van der Waals surface area contributed by atoms with Crippen LogP contribution in [-0.4, -0.2) is 109 Å². The Morgan fingerprint density at radius 2 is 1.58 bits per heavy atom. The van der Waals surface area contributed by atoms with Crippen molar-refractivity contribution in [2.45, 2.75) is 101 Å². The van der Waals surface area contributed by atoms with Crippen LogP contribution in [0.15, 0.2) is 36.4 Å². The summed E-state index contributed by atoms with van der Waals surface area (Å²) in [4.78, 5) is 65.3. The van der Waals surface area contributed by atoms with Crippen LogP contribution in [0.4, 0.5) is 0 Å². The maximum Gasteiger partial charge on any atom is 0.243 e. The van der Waals surface area contributed by atoms with E-state index in [1.165, 1.54) is 6.07 Å². The number of nitrogens with one attached hydrogen (secondary N) is 5. The Hall–Kier alpha value is -4.65. The van der Waals surface area contributed by atoms with E-state index in [4.69, 9.17) is 28.7 Å². The summed E-state index contributed by atoms with van der Waals surface area (Å²) in [5.41, 5.74) is 32.8. The molecule has 0 radical (unpaired) electrons. The van der Waals surface area contributed by atoms with Gasteiger partial charge in [0.05, 0.1) is 18.2 Å². The molecule has 6 atom stereocenters. The number of carbonyl (C=O) groups is 5. The molecule has 1 aliphatic rings. The third-order valence-electron chi connectivity index (χ3n) is 9.58. The minimum atomic E-state index is -1.29. The zero-order chi connectivity index (χ0) is 40.5. The van der Waals surface area contributed by atoms with Gasteiger partial charge in [-0.15, -0.1) is 0 Å². The number of nitrogens with two attached hydrogens (primary N) is 5. The first kappa shape index (κ1) is 44.7. The number of aryl methyl sites for hydroxylation is 1. The third kappa shape index (κ3) is 14.8. The van der Waals surface area contributed by atoms with Gasteiger partial charge < -0.3 is 65.5 Å². The molecule has 17 nitrogen and oxygen atoms in total. The summed E-state index contributed by atoms with van der Waals surface area (Å²) in [5, 5.41) is 34.5. The van der Waals surface area contributed by atoms with Crippen molar-refractivity contribution in [1.29, 1.82) is 0 Å². The lowest BCUT2D eigenvalue weighted by Crippen LogP contribution is -2.57. The van der Waals surface area contributed by atoms with Crippen molar-refractivity contribution < 1.29 is 34.2 Å². The fourth-order valence-electron chi connectivity index (χ4n) is 6.11. The highest BCUT2D eigenvalue weighted by molar-refractivity contribution is 5.93. The number of rotatable bonds is 18. The van der Waals surface area contributed by atoms with Gasteiger partial charge in [-0.3, -0.25) is 24.0 Å². The van der Waals surface area contributed by atoms with Crippen LogP contribution in [-0.2, 0) is 36.8 Å². The van der Waals surface area contributed by atoms with Gasteiger partial charge in [-0.25, -0.2) is 0 Å². The number of carbonyl (C=O) groups excluding carboxylic acids is 5. The molecule has 1 aliphatic heterocycles. The Kier molecular flexibility index (Phi) is 18.4. The minimum Gasteiger partial charge on any atom is -0.508 e. The number of fused-ring (bicyclic) bond motifs is 5. The maximum atomic E-state index is 13.7. The minimum absolute atomic E-state index is 0.0221. The number of aliphatic hydroxyl groups excluding tert-OH is 1. The van der Waals surface area contributed by atoms with Crippen LogP contribution in [0.25, 0.3) is 11.1 Å². The number of phenols is 1. The molecule has 3 rings (SSSR count). The average Bonchev–Trinajstić information content (AvgIpc) is 3.16. The van der Waals surface area contributed by atoms with Crippen molar-refractivity contribution in [2.75, 3.05) is 32.7 Å². The van der Waals surface area contributed by atoms with Crippen molar-refractivity contribution in [2.24, 2.45) is 28.7 Å². The van der Waals surface area contributed by atoms with Gasteiger partial charge >= 0.3 is 0 Å². The topological polar surface area (TPSA) is 316 Å². The lowest BCUT2D eigenvalue weighted by Gasteiger charge is -2.26. The van der Waals surface area contributed by atoms with Gasteiger partial charge in [0.1, 0.15) is 17.8 Å². The lowest BCUT2D eigenvalue weighted by atomic mass is 9.93. The van der Waals surface area contributed by atoms with E-state index in [2.05, 4.69) is 26.6 Å². The van der Waals surface area contributed by atoms with E-state index in [0.717, 1.165) is 28.7 Å². The Bertz CT molecular complexity index is 1610. The Balaban J connectivity index is 1.64. The van der Waals surface area contributed by atoms with Crippen LogP contribution in [0.2, 0.25) is 0 Å². The number of amides is 5. The molecule has 0 fully saturated rings. The summed E-state index contributed by atoms with van der Waals surface area (Å²) in [6, 6.07) is 6.22. The van der Waals surface area contributed by atoms with E-state index in [0.29, 0.717) is 50.9 Å². The number of hydrogen-bond acceptors (Lipinski definition) is 12. The summed E-state index contributed by atoms with van der Waals surface area (Å²) < 4.78 is 0. The first-order valence-corrected chi connectivity index (χ1v) is 18.9. The van der Waals surface area contributed by atoms with E-state index >= 15 is 0 Å². The average molecular weight is 769 g/mol. The summed E-state index contributed by atoms with van der Waals surface area (Å²) >= 11 is 0. The molecule has 4 bridgehead atoms. The second-order valence-electron chi connectivity index (χ2n) is 14.2. The quantitative estimate of drug-likeness (QED) is 0.0718. The first-order valence-electron chi connectivity index (χ1n) is 18.9. The fourth-order valence-corrected chi connectivity index (χ4v) is 6.11. The normalized spacial score (nSPS) is 19.1. The number of unbranched alkanes of at least 4 members (excludes halogenated alkanes) is 1. The lowest BCUT2D eigenvalue weighted by molar-refractivity contribution is -0.133. The van der Waals surface area contributed by atoms with E-state index < -0.39 is 48.0 Å². The number of phenolic OH excluding ortho intramolecular Hbond substituents is 1. The highest BCUT2D eigenvalue weighted by atomic mass is 16.3. The summed E-state index contributed by atoms with van der Waals surface area (Å²) in [5.74, 6) is -2.61. The predicted octanol–water partition coefficient (Wildman–Crippen LogP) is -2.22. The molecule has 0 aromatic heterocycles. The molecule has 0 saturated carbocycles. The van der Waals surface area contributed by atoms with Crippen molar-refractivity contribution in [3.05, 3.63) is 53.1 Å². The second kappa shape index (κ2) is 22.7. The molecule has 0 saturated heterocycles. The number of aliphatic hydroxyl groups is 1. The van der Waals surface area contributed by atoms with Gasteiger partial charge in [0.2, 0.25) is 29.5 Å². The number of hydrogen-bond donors (Lipinski definition) is 12. The predicted molar refractivity (Wildman–Crippen MR) is 209 cm³/mol. The van der Waals surface area contributed by atoms with Crippen LogP contribution < -0.4 is 55.3 Å². The van der Waals surface area contributed by atoms with Crippen LogP contribution in [0.1, 0.15) is 61.6 Å². The van der Waals surface area contributed by atoms with Crippen molar-refractivity contribution in [3.63, 3.8) is 0 Å². The van der Waals surface area contributed by atoms with Crippen LogP contribution in [0, 0.1) is 6.92 Å². The highest BCUT2D eigenvalue weighted by Gasteiger charge is 2.31. The second-order valence-corrected chi connectivity index (χ2v) is 14.2. The Morgan fingerprint density at radius 1 is 0.873 bits per heavy atom. The summed E-state index contributed by atoms with van der Waals surface area (Å²) in [6.07, 6.45) is 1.74. The zero-order valence-corrected chi connectivity index (χ0v) is 31.7. The van der Waals surface area contributed by atoms with Gasteiger partial charge in [-0.1, -0.05) is 24.3 Å². The van der Waals surface area contributed by atoms with Crippen molar-refractivity contribution in [3.8, 4) is 16.9 Å².